The number of benzene rings is 2. The molecule has 3 atom stereocenters. The second kappa shape index (κ2) is 8.38. The van der Waals surface area contributed by atoms with Crippen LogP contribution in [0.1, 0.15) is 36.3 Å². The number of ketones is 1. The van der Waals surface area contributed by atoms with Crippen LogP contribution < -0.4 is 10.1 Å². The second-order valence-electron chi connectivity index (χ2n) is 7.84. The molecule has 6 heteroatoms. The van der Waals surface area contributed by atoms with Crippen LogP contribution in [0.4, 0.5) is 4.39 Å². The lowest BCUT2D eigenvalue weighted by atomic mass is 9.68. The van der Waals surface area contributed by atoms with E-state index in [4.69, 9.17) is 9.47 Å². The van der Waals surface area contributed by atoms with Gasteiger partial charge in [0.25, 0.3) is 0 Å². The number of carbonyl (C=O) groups is 2. The maximum Gasteiger partial charge on any atom is 0.336 e. The van der Waals surface area contributed by atoms with Crippen molar-refractivity contribution in [1.29, 1.82) is 0 Å². The number of ether oxygens (including phenoxy) is 2. The predicted octanol–water partition coefficient (Wildman–Crippen LogP) is 4.22. The number of rotatable bonds is 4. The Balaban J connectivity index is 1.80. The second-order valence-corrected chi connectivity index (χ2v) is 7.84. The lowest BCUT2D eigenvalue weighted by Crippen LogP contribution is -2.41. The average molecular weight is 421 g/mol. The number of esters is 1. The zero-order valence-corrected chi connectivity index (χ0v) is 17.6. The molecule has 0 saturated carbocycles. The number of nitrogens with one attached hydrogen (secondary N) is 1. The van der Waals surface area contributed by atoms with E-state index in [9.17, 15) is 14.0 Å². The Morgan fingerprint density at radius 1 is 1.06 bits per heavy atom. The lowest BCUT2D eigenvalue weighted by molar-refractivity contribution is -0.136. The molecule has 31 heavy (non-hydrogen) atoms. The Morgan fingerprint density at radius 3 is 2.45 bits per heavy atom. The highest BCUT2D eigenvalue weighted by Crippen LogP contribution is 2.46. The Hall–Kier alpha value is -3.41. The largest absolute Gasteiger partial charge is 0.497 e. The molecule has 0 saturated heterocycles. The van der Waals surface area contributed by atoms with Crippen molar-refractivity contribution in [3.63, 3.8) is 0 Å². The predicted molar refractivity (Wildman–Crippen MR) is 114 cm³/mol. The van der Waals surface area contributed by atoms with Gasteiger partial charge in [0.2, 0.25) is 0 Å². The molecule has 0 radical (unpaired) electrons. The molecule has 1 aliphatic carbocycles. The molecule has 160 valence electrons. The fourth-order valence-electron chi connectivity index (χ4n) is 4.58. The van der Waals surface area contributed by atoms with Crippen LogP contribution in [0.3, 0.4) is 0 Å². The van der Waals surface area contributed by atoms with Gasteiger partial charge in [-0.15, -0.1) is 0 Å². The van der Waals surface area contributed by atoms with Crippen LogP contribution >= 0.6 is 0 Å². The molecule has 2 aromatic carbocycles. The molecule has 2 aromatic rings. The third-order valence-electron chi connectivity index (χ3n) is 6.02. The molecular weight excluding hydrogens is 397 g/mol. The van der Waals surface area contributed by atoms with Crippen molar-refractivity contribution in [3.05, 3.63) is 88.5 Å². The van der Waals surface area contributed by atoms with E-state index in [1.807, 2.05) is 30.3 Å². The van der Waals surface area contributed by atoms with Crippen LogP contribution in [0.2, 0.25) is 0 Å². The lowest BCUT2D eigenvalue weighted by Gasteiger charge is -2.39. The van der Waals surface area contributed by atoms with E-state index in [1.165, 1.54) is 19.2 Å². The van der Waals surface area contributed by atoms with Crippen LogP contribution in [-0.2, 0) is 14.3 Å². The first-order valence-electron chi connectivity index (χ1n) is 10.1. The molecule has 3 unspecified atom stereocenters. The maximum absolute atomic E-state index is 14.0. The van der Waals surface area contributed by atoms with Gasteiger partial charge in [-0.05, 0) is 42.3 Å². The Labute approximate surface area is 180 Å². The molecule has 0 amide bonds. The number of Topliss-reactive ketones (excluding diaryl/α,β-unsaturated/α-hetero) is 1. The highest BCUT2D eigenvalue weighted by Gasteiger charge is 2.44. The van der Waals surface area contributed by atoms with Crippen molar-refractivity contribution in [2.24, 2.45) is 5.92 Å². The third kappa shape index (κ3) is 3.85. The molecule has 1 N–H and O–H groups in total. The topological polar surface area (TPSA) is 64.6 Å². The van der Waals surface area contributed by atoms with Crippen molar-refractivity contribution < 1.29 is 23.5 Å². The fraction of sp³-hybridized carbons (Fsp3) is 0.280. The average Bonchev–Trinajstić information content (AvgIpc) is 2.77. The van der Waals surface area contributed by atoms with Crippen molar-refractivity contribution in [3.8, 4) is 5.75 Å². The minimum absolute atomic E-state index is 0.00557. The third-order valence-corrected chi connectivity index (χ3v) is 6.02. The van der Waals surface area contributed by atoms with Crippen LogP contribution in [0, 0.1) is 11.7 Å². The van der Waals surface area contributed by atoms with Crippen LogP contribution in [0.25, 0.3) is 0 Å². The van der Waals surface area contributed by atoms with Gasteiger partial charge in [-0.1, -0.05) is 30.3 Å². The molecule has 1 heterocycles. The van der Waals surface area contributed by atoms with Gasteiger partial charge in [0, 0.05) is 29.7 Å². The summed E-state index contributed by atoms with van der Waals surface area (Å²) in [5.41, 5.74) is 3.27. The molecule has 0 aromatic heterocycles. The van der Waals surface area contributed by atoms with Gasteiger partial charge in [0.05, 0.1) is 25.7 Å². The summed E-state index contributed by atoms with van der Waals surface area (Å²) in [7, 11) is 2.91. The van der Waals surface area contributed by atoms with E-state index in [0.717, 1.165) is 17.0 Å². The molecule has 0 spiro atoms. The minimum atomic E-state index is -0.611. The van der Waals surface area contributed by atoms with Gasteiger partial charge >= 0.3 is 5.97 Å². The zero-order valence-electron chi connectivity index (χ0n) is 17.6. The summed E-state index contributed by atoms with van der Waals surface area (Å²) in [6.07, 6.45) is 2.33. The van der Waals surface area contributed by atoms with Crippen LogP contribution in [-0.4, -0.2) is 26.0 Å². The maximum atomic E-state index is 14.0. The molecule has 1 aliphatic heterocycles. The molecule has 0 fully saturated rings. The first kappa shape index (κ1) is 20.8. The highest BCUT2D eigenvalue weighted by molar-refractivity contribution is 5.96. The van der Waals surface area contributed by atoms with Gasteiger partial charge in [0.1, 0.15) is 17.3 Å². The van der Waals surface area contributed by atoms with Gasteiger partial charge < -0.3 is 14.8 Å². The smallest absolute Gasteiger partial charge is 0.336 e. The van der Waals surface area contributed by atoms with E-state index in [-0.39, 0.29) is 11.7 Å². The monoisotopic (exact) mass is 421 g/mol. The van der Waals surface area contributed by atoms with Crippen molar-refractivity contribution in [2.75, 3.05) is 14.2 Å². The Kier molecular flexibility index (Phi) is 5.63. The number of fused-ring (bicyclic) bond motifs is 1. The van der Waals surface area contributed by atoms with Crippen LogP contribution in [0.5, 0.6) is 5.75 Å². The van der Waals surface area contributed by atoms with Gasteiger partial charge in [0.15, 0.2) is 0 Å². The first-order chi connectivity index (χ1) is 14.9. The van der Waals surface area contributed by atoms with Gasteiger partial charge in [-0.2, -0.15) is 0 Å². The summed E-state index contributed by atoms with van der Waals surface area (Å²) in [5.74, 6) is -1.51. The minimum Gasteiger partial charge on any atom is -0.497 e. The summed E-state index contributed by atoms with van der Waals surface area (Å²) in [6, 6.07) is 13.7. The molecule has 2 aliphatic rings. The quantitative estimate of drug-likeness (QED) is 0.749. The number of hydrogen-bond acceptors (Lipinski definition) is 5. The summed E-state index contributed by atoms with van der Waals surface area (Å²) < 4.78 is 24.3. The van der Waals surface area contributed by atoms with E-state index in [1.54, 1.807) is 26.2 Å². The zero-order chi connectivity index (χ0) is 22.1. The fourth-order valence-corrected chi connectivity index (χ4v) is 4.58. The molecule has 4 rings (SSSR count). The van der Waals surface area contributed by atoms with E-state index < -0.39 is 23.6 Å². The number of methoxy groups -OCH3 is 2. The standard InChI is InChI=1S/C25H24FNO4/c1-14-22(25(29)31-3)23(16-5-4-6-18(26)11-16)24-20(27-14)12-17(13-21(24)28)15-7-9-19(30-2)10-8-15/h4-12,17,23-24,27H,13H2,1-3H3. The van der Waals surface area contributed by atoms with Crippen LogP contribution in [0.15, 0.2) is 71.6 Å². The van der Waals surface area contributed by atoms with Crippen molar-refractivity contribution in [2.45, 2.75) is 25.2 Å². The summed E-state index contributed by atoms with van der Waals surface area (Å²) >= 11 is 0. The van der Waals surface area contributed by atoms with Crippen molar-refractivity contribution in [1.82, 2.24) is 5.32 Å². The molecule has 0 bridgehead atoms. The van der Waals surface area contributed by atoms with Gasteiger partial charge in [-0.25, -0.2) is 9.18 Å². The molecule has 5 nitrogen and oxygen atoms in total. The Morgan fingerprint density at radius 2 is 1.81 bits per heavy atom. The number of carbonyl (C=O) groups excluding carboxylic acids is 2. The van der Waals surface area contributed by atoms with Crippen molar-refractivity contribution >= 4 is 11.8 Å². The van der Waals surface area contributed by atoms with E-state index in [0.29, 0.717) is 23.3 Å². The molecular formula is C25H24FNO4. The van der Waals surface area contributed by atoms with E-state index in [2.05, 4.69) is 5.32 Å². The first-order valence-corrected chi connectivity index (χ1v) is 10.1. The normalized spacial score (nSPS) is 22.9. The summed E-state index contributed by atoms with van der Waals surface area (Å²) in [4.78, 5) is 26.0. The highest BCUT2D eigenvalue weighted by atomic mass is 19.1. The summed E-state index contributed by atoms with van der Waals surface area (Å²) in [6.45, 7) is 1.77. The number of hydrogen-bond donors (Lipinski definition) is 1. The number of halogens is 1. The summed E-state index contributed by atoms with van der Waals surface area (Å²) in [5, 5.41) is 3.25. The Bertz CT molecular complexity index is 1090. The SMILES string of the molecule is COC(=O)C1=C(C)NC2=CC(c3ccc(OC)cc3)CC(=O)C2C1c1cccc(F)c1. The number of allylic oxidation sites excluding steroid dienone is 3. The van der Waals surface area contributed by atoms with Gasteiger partial charge in [-0.3, -0.25) is 4.79 Å². The van der Waals surface area contributed by atoms with E-state index >= 15 is 0 Å².